The van der Waals surface area contributed by atoms with Crippen molar-refractivity contribution in [2.45, 2.75) is 47.5 Å². The van der Waals surface area contributed by atoms with Gasteiger partial charge in [-0.15, -0.1) is 0 Å². The van der Waals surface area contributed by atoms with Crippen LogP contribution in [0, 0.1) is 0 Å². The first kappa shape index (κ1) is 22.7. The number of nitrogens with one attached hydrogen (secondary N) is 1. The summed E-state index contributed by atoms with van der Waals surface area (Å²) in [5.74, 6) is 0. The summed E-state index contributed by atoms with van der Waals surface area (Å²) in [7, 11) is 1.89. The molecule has 0 saturated carbocycles. The van der Waals surface area contributed by atoms with Gasteiger partial charge in [-0.1, -0.05) is 76.3 Å². The molecule has 0 aromatic carbocycles. The van der Waals surface area contributed by atoms with E-state index in [0.29, 0.717) is 0 Å². The zero-order chi connectivity index (χ0) is 15.4. The molecular formula is C18H33N. The molecule has 1 N–H and O–H groups in total. The second kappa shape index (κ2) is 25.4. The molecule has 0 fully saturated rings. The molecule has 0 unspecified atom stereocenters. The molecule has 0 amide bonds. The zero-order valence-electron chi connectivity index (χ0n) is 13.7. The number of hydrogen-bond acceptors (Lipinski definition) is 1. The van der Waals surface area contributed by atoms with Crippen LogP contribution in [0.3, 0.4) is 0 Å². The van der Waals surface area contributed by atoms with Crippen molar-refractivity contribution in [3.63, 3.8) is 0 Å². The van der Waals surface area contributed by atoms with E-state index in [0.717, 1.165) is 12.8 Å². The molecule has 0 aromatic rings. The van der Waals surface area contributed by atoms with Crippen molar-refractivity contribution in [2.24, 2.45) is 0 Å². The van der Waals surface area contributed by atoms with Crippen LogP contribution in [0.25, 0.3) is 0 Å². The van der Waals surface area contributed by atoms with Crippen LogP contribution < -0.4 is 5.32 Å². The highest BCUT2D eigenvalue weighted by atomic mass is 14.8. The Morgan fingerprint density at radius 3 is 2.16 bits per heavy atom. The van der Waals surface area contributed by atoms with Gasteiger partial charge in [0.2, 0.25) is 0 Å². The Labute approximate surface area is 121 Å². The lowest BCUT2D eigenvalue weighted by Gasteiger charge is -1.96. The van der Waals surface area contributed by atoms with Crippen LogP contribution in [0.5, 0.6) is 0 Å². The minimum atomic E-state index is 1.06. The van der Waals surface area contributed by atoms with Gasteiger partial charge in [0.15, 0.2) is 0 Å². The lowest BCUT2D eigenvalue weighted by Crippen LogP contribution is -1.89. The molecule has 0 rings (SSSR count). The number of hydrogen-bond donors (Lipinski definition) is 1. The van der Waals surface area contributed by atoms with Gasteiger partial charge in [0.1, 0.15) is 0 Å². The quantitative estimate of drug-likeness (QED) is 0.573. The molecule has 0 spiro atoms. The van der Waals surface area contributed by atoms with Crippen molar-refractivity contribution < 1.29 is 0 Å². The van der Waals surface area contributed by atoms with Crippen molar-refractivity contribution in [1.29, 1.82) is 0 Å². The topological polar surface area (TPSA) is 12.0 Å². The third-order valence-electron chi connectivity index (χ3n) is 1.93. The summed E-state index contributed by atoms with van der Waals surface area (Å²) < 4.78 is 0. The number of rotatable bonds is 7. The summed E-state index contributed by atoms with van der Waals surface area (Å²) in [4.78, 5) is 0. The third-order valence-corrected chi connectivity index (χ3v) is 1.93. The summed E-state index contributed by atoms with van der Waals surface area (Å²) in [6.45, 7) is 13.7. The first-order chi connectivity index (χ1) is 9.35. The van der Waals surface area contributed by atoms with Gasteiger partial charge in [-0.05, 0) is 32.0 Å². The smallest absolute Gasteiger partial charge is 0.00277 e. The Kier molecular flexibility index (Phi) is 30.3. The van der Waals surface area contributed by atoms with E-state index in [2.05, 4.69) is 43.1 Å². The molecule has 1 nitrogen and oxygen atoms in total. The van der Waals surface area contributed by atoms with Crippen molar-refractivity contribution in [3.8, 4) is 0 Å². The van der Waals surface area contributed by atoms with E-state index in [1.807, 2.05) is 53.1 Å². The Balaban J connectivity index is -0.000000579. The lowest BCUT2D eigenvalue weighted by atomic mass is 10.1. The first-order valence-electron chi connectivity index (χ1n) is 7.28. The maximum atomic E-state index is 3.65. The summed E-state index contributed by atoms with van der Waals surface area (Å²) >= 11 is 0. The average molecular weight is 263 g/mol. The van der Waals surface area contributed by atoms with Crippen LogP contribution in [0.15, 0.2) is 60.9 Å². The van der Waals surface area contributed by atoms with E-state index < -0.39 is 0 Å². The van der Waals surface area contributed by atoms with Gasteiger partial charge in [-0.3, -0.25) is 0 Å². The van der Waals surface area contributed by atoms with Gasteiger partial charge < -0.3 is 5.32 Å². The van der Waals surface area contributed by atoms with Crippen LogP contribution in [-0.2, 0) is 0 Å². The molecule has 0 aliphatic carbocycles. The largest absolute Gasteiger partial charge is 0.394 e. The standard InChI is InChI=1S/C14H21N.2C2H6/c1-4-6-11-14(5-2)12-9-7-8-10-13-15-3;2*1-2/h4-8,10-11,13,15H,1,9,12H2,2-3H3;2*1-2H3/b8-7-,11-6-,13-10-,14-5+;;. The summed E-state index contributed by atoms with van der Waals surface area (Å²) in [6, 6.07) is 0. The fourth-order valence-electron chi connectivity index (χ4n) is 1.09. The van der Waals surface area contributed by atoms with Crippen molar-refractivity contribution in [2.75, 3.05) is 7.05 Å². The molecule has 110 valence electrons. The Morgan fingerprint density at radius 1 is 1.05 bits per heavy atom. The molecule has 19 heavy (non-hydrogen) atoms. The Hall–Kier alpha value is -1.50. The van der Waals surface area contributed by atoms with Crippen LogP contribution in [-0.4, -0.2) is 7.05 Å². The zero-order valence-corrected chi connectivity index (χ0v) is 13.7. The SMILES string of the molecule is C=C/C=C\C(=C/C)CC/C=C\C=C/NC.CC.CC. The molecule has 0 atom stereocenters. The molecule has 0 bridgehead atoms. The molecule has 0 aromatic heterocycles. The predicted molar refractivity (Wildman–Crippen MR) is 92.4 cm³/mol. The van der Waals surface area contributed by atoms with Gasteiger partial charge in [-0.2, -0.15) is 0 Å². The highest BCUT2D eigenvalue weighted by molar-refractivity contribution is 5.21. The van der Waals surface area contributed by atoms with E-state index >= 15 is 0 Å². The van der Waals surface area contributed by atoms with E-state index in [-0.39, 0.29) is 0 Å². The molecule has 1 heteroatoms. The van der Waals surface area contributed by atoms with Crippen LogP contribution in [0.2, 0.25) is 0 Å². The van der Waals surface area contributed by atoms with Crippen LogP contribution in [0.1, 0.15) is 47.5 Å². The predicted octanol–water partition coefficient (Wildman–Crippen LogP) is 5.80. The molecular weight excluding hydrogens is 230 g/mol. The second-order valence-electron chi connectivity index (χ2n) is 3.07. The third kappa shape index (κ3) is 22.2. The van der Waals surface area contributed by atoms with E-state index in [9.17, 15) is 0 Å². The first-order valence-corrected chi connectivity index (χ1v) is 7.28. The molecule has 0 heterocycles. The average Bonchev–Trinajstić information content (AvgIpc) is 2.50. The molecule has 0 aliphatic rings. The highest BCUT2D eigenvalue weighted by Gasteiger charge is 1.87. The second-order valence-corrected chi connectivity index (χ2v) is 3.07. The van der Waals surface area contributed by atoms with Crippen LogP contribution >= 0.6 is 0 Å². The van der Waals surface area contributed by atoms with Gasteiger partial charge in [0, 0.05) is 7.05 Å². The van der Waals surface area contributed by atoms with Crippen LogP contribution in [0.4, 0.5) is 0 Å². The minimum Gasteiger partial charge on any atom is -0.394 e. The van der Waals surface area contributed by atoms with Gasteiger partial charge >= 0.3 is 0 Å². The molecule has 0 aliphatic heterocycles. The maximum Gasteiger partial charge on any atom is 0.00277 e. The van der Waals surface area contributed by atoms with E-state index in [4.69, 9.17) is 0 Å². The van der Waals surface area contributed by atoms with Crippen molar-refractivity contribution in [3.05, 3.63) is 60.9 Å². The minimum absolute atomic E-state index is 1.06. The highest BCUT2D eigenvalue weighted by Crippen LogP contribution is 2.07. The van der Waals surface area contributed by atoms with Crippen molar-refractivity contribution >= 4 is 0 Å². The van der Waals surface area contributed by atoms with Gasteiger partial charge in [0.05, 0.1) is 0 Å². The Bertz CT molecular complexity index is 267. The number of allylic oxidation sites excluding steroid dienone is 8. The van der Waals surface area contributed by atoms with E-state index in [1.165, 1.54) is 5.57 Å². The van der Waals surface area contributed by atoms with Crippen molar-refractivity contribution in [1.82, 2.24) is 5.32 Å². The maximum absolute atomic E-state index is 3.65. The fourth-order valence-corrected chi connectivity index (χ4v) is 1.09. The molecule has 0 radical (unpaired) electrons. The summed E-state index contributed by atoms with van der Waals surface area (Å²) in [5, 5.41) is 2.94. The summed E-state index contributed by atoms with van der Waals surface area (Å²) in [5.41, 5.74) is 1.34. The van der Waals surface area contributed by atoms with E-state index in [1.54, 1.807) is 6.08 Å². The lowest BCUT2D eigenvalue weighted by molar-refractivity contribution is 1.00. The molecule has 0 saturated heterocycles. The summed E-state index contributed by atoms with van der Waals surface area (Å²) in [6.07, 6.45) is 18.3. The van der Waals surface area contributed by atoms with Gasteiger partial charge in [0.25, 0.3) is 0 Å². The Morgan fingerprint density at radius 2 is 1.68 bits per heavy atom. The monoisotopic (exact) mass is 263 g/mol. The normalized spacial score (nSPS) is 10.9. The fraction of sp³-hybridized carbons (Fsp3) is 0.444. The van der Waals surface area contributed by atoms with Gasteiger partial charge in [-0.25, -0.2) is 0 Å².